The van der Waals surface area contributed by atoms with Crippen molar-refractivity contribution < 1.29 is 19.1 Å². The minimum atomic E-state index is -0.197. The van der Waals surface area contributed by atoms with Gasteiger partial charge >= 0.3 is 0 Å². The van der Waals surface area contributed by atoms with E-state index in [4.69, 9.17) is 9.47 Å². The number of carbonyl (C=O) groups excluding carboxylic acids is 2. The first-order chi connectivity index (χ1) is 15.7. The smallest absolute Gasteiger partial charge is 0.263 e. The fraction of sp³-hybridized carbons (Fsp3) is 0.440. The molecule has 0 unspecified atom stereocenters. The normalized spacial score (nSPS) is 21.3. The van der Waals surface area contributed by atoms with Gasteiger partial charge in [-0.25, -0.2) is 0 Å². The molecule has 32 heavy (non-hydrogen) atoms. The van der Waals surface area contributed by atoms with E-state index >= 15 is 0 Å². The van der Waals surface area contributed by atoms with Crippen molar-refractivity contribution >= 4 is 17.5 Å². The number of fused-ring (bicyclic) bond motifs is 1. The second-order valence-electron chi connectivity index (χ2n) is 8.63. The van der Waals surface area contributed by atoms with E-state index in [2.05, 4.69) is 15.9 Å². The molecule has 7 heteroatoms. The number of para-hydroxylation sites is 1. The summed E-state index contributed by atoms with van der Waals surface area (Å²) in [6, 6.07) is 13.7. The molecule has 5 rings (SSSR count). The van der Waals surface area contributed by atoms with Crippen molar-refractivity contribution in [2.24, 2.45) is 0 Å². The molecule has 2 aromatic carbocycles. The third-order valence-corrected chi connectivity index (χ3v) is 6.69. The van der Waals surface area contributed by atoms with Gasteiger partial charge in [-0.15, -0.1) is 0 Å². The summed E-state index contributed by atoms with van der Waals surface area (Å²) in [5.74, 6) is 0.524. The molecular formula is C25H29N3O4. The van der Waals surface area contributed by atoms with Gasteiger partial charge in [0.1, 0.15) is 5.75 Å². The van der Waals surface area contributed by atoms with Gasteiger partial charge in [-0.2, -0.15) is 0 Å². The molecule has 3 aliphatic rings. The van der Waals surface area contributed by atoms with Crippen LogP contribution in [0.3, 0.4) is 0 Å². The highest BCUT2D eigenvalue weighted by Gasteiger charge is 2.40. The first-order valence-electron chi connectivity index (χ1n) is 11.4. The van der Waals surface area contributed by atoms with E-state index in [0.29, 0.717) is 24.3 Å². The molecule has 1 atom stereocenters. The van der Waals surface area contributed by atoms with Crippen molar-refractivity contribution in [2.45, 2.75) is 25.5 Å². The number of carbonyl (C=O) groups is 2. The highest BCUT2D eigenvalue weighted by Crippen LogP contribution is 2.33. The van der Waals surface area contributed by atoms with Gasteiger partial charge in [-0.1, -0.05) is 24.3 Å². The Hall–Kier alpha value is -2.90. The molecule has 7 nitrogen and oxygen atoms in total. The molecule has 3 heterocycles. The number of hydrogen-bond donors (Lipinski definition) is 0. The van der Waals surface area contributed by atoms with Crippen LogP contribution in [0.4, 0.5) is 5.69 Å². The van der Waals surface area contributed by atoms with Gasteiger partial charge in [-0.05, 0) is 31.0 Å². The van der Waals surface area contributed by atoms with Gasteiger partial charge in [0, 0.05) is 44.9 Å². The fourth-order valence-corrected chi connectivity index (χ4v) is 4.96. The second kappa shape index (κ2) is 8.92. The number of hydrogen-bond acceptors (Lipinski definition) is 6. The van der Waals surface area contributed by atoms with Crippen LogP contribution in [0, 0.1) is 0 Å². The molecule has 0 aliphatic carbocycles. The molecule has 168 valence electrons. The Labute approximate surface area is 188 Å². The highest BCUT2D eigenvalue weighted by molar-refractivity contribution is 6.23. The van der Waals surface area contributed by atoms with E-state index in [9.17, 15) is 9.59 Å². The summed E-state index contributed by atoms with van der Waals surface area (Å²) in [6.07, 6.45) is 1.84. The lowest BCUT2D eigenvalue weighted by Gasteiger charge is -2.37. The summed E-state index contributed by atoms with van der Waals surface area (Å²) in [6.45, 7) is 5.25. The topological polar surface area (TPSA) is 62.3 Å². The van der Waals surface area contributed by atoms with Gasteiger partial charge in [-0.3, -0.25) is 19.4 Å². The Kier molecular flexibility index (Phi) is 5.85. The van der Waals surface area contributed by atoms with E-state index < -0.39 is 0 Å². The van der Waals surface area contributed by atoms with Gasteiger partial charge in [0.15, 0.2) is 0 Å². The third kappa shape index (κ3) is 3.87. The second-order valence-corrected chi connectivity index (χ2v) is 8.63. The predicted molar refractivity (Wildman–Crippen MR) is 121 cm³/mol. The number of piperazine rings is 1. The molecular weight excluding hydrogens is 406 g/mol. The number of methoxy groups -OCH3 is 1. The number of ether oxygens (including phenoxy) is 2. The largest absolute Gasteiger partial charge is 0.496 e. The van der Waals surface area contributed by atoms with Crippen molar-refractivity contribution in [3.8, 4) is 5.75 Å². The fourth-order valence-electron chi connectivity index (χ4n) is 4.96. The van der Waals surface area contributed by atoms with Gasteiger partial charge in [0.05, 0.1) is 36.6 Å². The van der Waals surface area contributed by atoms with Crippen LogP contribution in [0.15, 0.2) is 42.5 Å². The van der Waals surface area contributed by atoms with Crippen LogP contribution < -0.4 is 9.64 Å². The number of rotatable bonds is 6. The summed E-state index contributed by atoms with van der Waals surface area (Å²) in [5, 5.41) is 0. The van der Waals surface area contributed by atoms with Gasteiger partial charge < -0.3 is 14.4 Å². The van der Waals surface area contributed by atoms with Crippen LogP contribution in [-0.2, 0) is 11.3 Å². The Bertz CT molecular complexity index is 1010. The van der Waals surface area contributed by atoms with Crippen molar-refractivity contribution in [2.75, 3.05) is 51.3 Å². The zero-order valence-corrected chi connectivity index (χ0v) is 18.5. The van der Waals surface area contributed by atoms with E-state index in [-0.39, 0.29) is 17.9 Å². The van der Waals surface area contributed by atoms with E-state index in [1.54, 1.807) is 13.2 Å². The SMILES string of the molecule is COc1ccccc1CN1CCN(c2cccc3c2C(=O)N(C[C@H]2CCCO2)C3=O)CC1. The lowest BCUT2D eigenvalue weighted by molar-refractivity contribution is 0.0475. The summed E-state index contributed by atoms with van der Waals surface area (Å²) < 4.78 is 11.2. The number of imide groups is 1. The standard InChI is InChI=1S/C25H29N3O4/c1-31-22-10-3-2-6-18(22)16-26-11-13-27(14-12-26)21-9-4-8-20-23(21)25(30)28(24(20)29)17-19-7-5-15-32-19/h2-4,6,8-10,19H,5,7,11-17H2,1H3/t19-/m1/s1. The van der Waals surface area contributed by atoms with Crippen LogP contribution in [-0.4, -0.2) is 74.2 Å². The van der Waals surface area contributed by atoms with E-state index in [1.165, 1.54) is 10.5 Å². The minimum Gasteiger partial charge on any atom is -0.496 e. The Morgan fingerprint density at radius 1 is 1.00 bits per heavy atom. The van der Waals surface area contributed by atoms with E-state index in [0.717, 1.165) is 57.0 Å². The van der Waals surface area contributed by atoms with Crippen molar-refractivity contribution in [1.29, 1.82) is 0 Å². The average Bonchev–Trinajstić information content (AvgIpc) is 3.43. The quantitative estimate of drug-likeness (QED) is 0.651. The molecule has 2 amide bonds. The predicted octanol–water partition coefficient (Wildman–Crippen LogP) is 2.79. The minimum absolute atomic E-state index is 0.0424. The molecule has 0 bridgehead atoms. The van der Waals surface area contributed by atoms with Crippen molar-refractivity contribution in [3.63, 3.8) is 0 Å². The Morgan fingerprint density at radius 2 is 1.81 bits per heavy atom. The maximum atomic E-state index is 13.2. The van der Waals surface area contributed by atoms with Crippen molar-refractivity contribution in [1.82, 2.24) is 9.80 Å². The molecule has 2 saturated heterocycles. The third-order valence-electron chi connectivity index (χ3n) is 6.69. The monoisotopic (exact) mass is 435 g/mol. The van der Waals surface area contributed by atoms with Gasteiger partial charge in [0.25, 0.3) is 11.8 Å². The van der Waals surface area contributed by atoms with Crippen LogP contribution in [0.25, 0.3) is 0 Å². The lowest BCUT2D eigenvalue weighted by atomic mass is 10.1. The maximum absolute atomic E-state index is 13.2. The Morgan fingerprint density at radius 3 is 2.56 bits per heavy atom. The van der Waals surface area contributed by atoms with Crippen molar-refractivity contribution in [3.05, 3.63) is 59.2 Å². The summed E-state index contributed by atoms with van der Waals surface area (Å²) in [5.41, 5.74) is 3.11. The first kappa shape index (κ1) is 21.0. The molecule has 0 saturated carbocycles. The number of anilines is 1. The van der Waals surface area contributed by atoms with E-state index in [1.807, 2.05) is 30.3 Å². The zero-order valence-electron chi connectivity index (χ0n) is 18.5. The molecule has 3 aliphatic heterocycles. The number of nitrogens with zero attached hydrogens (tertiary/aromatic N) is 3. The number of amides is 2. The first-order valence-corrected chi connectivity index (χ1v) is 11.4. The summed E-state index contributed by atoms with van der Waals surface area (Å²) in [4.78, 5) is 32.2. The number of benzene rings is 2. The van der Waals surface area contributed by atoms with Crippen LogP contribution in [0.2, 0.25) is 0 Å². The molecule has 0 N–H and O–H groups in total. The Balaban J connectivity index is 1.28. The molecule has 0 radical (unpaired) electrons. The van der Waals surface area contributed by atoms with Crippen LogP contribution in [0.5, 0.6) is 5.75 Å². The maximum Gasteiger partial charge on any atom is 0.263 e. The molecule has 2 aromatic rings. The highest BCUT2D eigenvalue weighted by atomic mass is 16.5. The average molecular weight is 436 g/mol. The lowest BCUT2D eigenvalue weighted by Crippen LogP contribution is -2.46. The van der Waals surface area contributed by atoms with Crippen LogP contribution >= 0.6 is 0 Å². The summed E-state index contributed by atoms with van der Waals surface area (Å²) in [7, 11) is 1.70. The van der Waals surface area contributed by atoms with Gasteiger partial charge in [0.2, 0.25) is 0 Å². The molecule has 0 aromatic heterocycles. The summed E-state index contributed by atoms with van der Waals surface area (Å²) >= 11 is 0. The molecule has 2 fully saturated rings. The van der Waals surface area contributed by atoms with Crippen LogP contribution in [0.1, 0.15) is 39.1 Å². The zero-order chi connectivity index (χ0) is 22.1. The molecule has 0 spiro atoms.